The fourth-order valence-corrected chi connectivity index (χ4v) is 4.43. The summed E-state index contributed by atoms with van der Waals surface area (Å²) in [5, 5.41) is 3.27. The topological polar surface area (TPSA) is 64.6 Å². The Labute approximate surface area is 188 Å². The van der Waals surface area contributed by atoms with Gasteiger partial charge in [-0.2, -0.15) is 0 Å². The fraction of sp³-hybridized carbons (Fsp3) is 0.217. The van der Waals surface area contributed by atoms with Crippen molar-refractivity contribution in [3.8, 4) is 16.9 Å². The molecular weight excluding hydrogens is 466 g/mol. The molecule has 7 heteroatoms. The van der Waals surface area contributed by atoms with Gasteiger partial charge in [-0.1, -0.05) is 40.2 Å². The average molecular weight is 488 g/mol. The number of hydrogen-bond acceptors (Lipinski definition) is 5. The van der Waals surface area contributed by atoms with E-state index in [2.05, 4.69) is 21.2 Å². The SMILES string of the molecule is COC(=O)c1c(NC(=O)COc2cccc(C)c2C)sc(C)c1-c1ccc(Br)cc1. The maximum atomic E-state index is 12.6. The number of ether oxygens (including phenoxy) is 2. The van der Waals surface area contributed by atoms with Crippen LogP contribution in [0.3, 0.4) is 0 Å². The maximum Gasteiger partial charge on any atom is 0.341 e. The molecule has 3 rings (SSSR count). The third kappa shape index (κ3) is 4.74. The van der Waals surface area contributed by atoms with Crippen LogP contribution in [-0.2, 0) is 9.53 Å². The Morgan fingerprint density at radius 2 is 1.77 bits per heavy atom. The minimum absolute atomic E-state index is 0.157. The van der Waals surface area contributed by atoms with Crippen LogP contribution in [0.25, 0.3) is 11.1 Å². The van der Waals surface area contributed by atoms with Gasteiger partial charge < -0.3 is 14.8 Å². The summed E-state index contributed by atoms with van der Waals surface area (Å²) in [5.41, 5.74) is 4.06. The van der Waals surface area contributed by atoms with Crippen molar-refractivity contribution in [1.29, 1.82) is 0 Å². The third-order valence-electron chi connectivity index (χ3n) is 4.77. The highest BCUT2D eigenvalue weighted by Crippen LogP contribution is 2.40. The van der Waals surface area contributed by atoms with Crippen LogP contribution in [0.4, 0.5) is 5.00 Å². The number of carbonyl (C=O) groups excluding carboxylic acids is 2. The number of thiophene rings is 1. The highest BCUT2D eigenvalue weighted by molar-refractivity contribution is 9.10. The Kier molecular flexibility index (Phi) is 6.95. The van der Waals surface area contributed by atoms with Crippen LogP contribution in [0.15, 0.2) is 46.9 Å². The molecule has 2 aromatic carbocycles. The largest absolute Gasteiger partial charge is 0.483 e. The number of hydrogen-bond donors (Lipinski definition) is 1. The van der Waals surface area contributed by atoms with Crippen LogP contribution in [0.2, 0.25) is 0 Å². The Balaban J connectivity index is 1.85. The van der Waals surface area contributed by atoms with E-state index in [0.29, 0.717) is 16.3 Å². The lowest BCUT2D eigenvalue weighted by atomic mass is 10.0. The number of amides is 1. The summed E-state index contributed by atoms with van der Waals surface area (Å²) in [6.07, 6.45) is 0. The lowest BCUT2D eigenvalue weighted by molar-refractivity contribution is -0.118. The number of anilines is 1. The lowest BCUT2D eigenvalue weighted by Crippen LogP contribution is -2.21. The molecule has 0 aliphatic heterocycles. The summed E-state index contributed by atoms with van der Waals surface area (Å²) >= 11 is 4.76. The molecule has 0 saturated carbocycles. The van der Waals surface area contributed by atoms with E-state index >= 15 is 0 Å². The van der Waals surface area contributed by atoms with Crippen LogP contribution in [0, 0.1) is 20.8 Å². The summed E-state index contributed by atoms with van der Waals surface area (Å²) in [7, 11) is 1.33. The lowest BCUT2D eigenvalue weighted by Gasteiger charge is -2.11. The number of aryl methyl sites for hydroxylation is 2. The van der Waals surface area contributed by atoms with Gasteiger partial charge in [0.15, 0.2) is 6.61 Å². The molecule has 156 valence electrons. The highest BCUT2D eigenvalue weighted by Gasteiger charge is 2.25. The molecule has 0 aliphatic carbocycles. The molecule has 3 aromatic rings. The molecule has 1 N–H and O–H groups in total. The zero-order chi connectivity index (χ0) is 21.8. The molecule has 5 nitrogen and oxygen atoms in total. The number of esters is 1. The van der Waals surface area contributed by atoms with Crippen molar-refractivity contribution in [2.24, 2.45) is 0 Å². The van der Waals surface area contributed by atoms with E-state index in [1.54, 1.807) is 0 Å². The zero-order valence-electron chi connectivity index (χ0n) is 17.2. The van der Waals surface area contributed by atoms with Gasteiger partial charge in [-0.25, -0.2) is 4.79 Å². The molecule has 0 aliphatic rings. The van der Waals surface area contributed by atoms with Crippen LogP contribution in [-0.4, -0.2) is 25.6 Å². The number of nitrogens with one attached hydrogen (secondary N) is 1. The molecule has 1 heterocycles. The van der Waals surface area contributed by atoms with Crippen LogP contribution in [0.5, 0.6) is 5.75 Å². The van der Waals surface area contributed by atoms with Gasteiger partial charge in [-0.05, 0) is 55.7 Å². The molecule has 1 aromatic heterocycles. The van der Waals surface area contributed by atoms with Crippen molar-refractivity contribution in [1.82, 2.24) is 0 Å². The van der Waals surface area contributed by atoms with Crippen molar-refractivity contribution in [2.75, 3.05) is 19.0 Å². The minimum Gasteiger partial charge on any atom is -0.483 e. The molecule has 0 fully saturated rings. The number of methoxy groups -OCH3 is 1. The van der Waals surface area contributed by atoms with Gasteiger partial charge in [0.25, 0.3) is 5.91 Å². The van der Waals surface area contributed by atoms with Crippen molar-refractivity contribution in [3.05, 3.63) is 68.5 Å². The van der Waals surface area contributed by atoms with E-state index in [1.807, 2.05) is 63.2 Å². The molecular formula is C23H22BrNO4S. The standard InChI is InChI=1S/C23H22BrNO4S/c1-13-6-5-7-18(14(13)2)29-12-19(26)25-22-21(23(27)28-4)20(15(3)30-22)16-8-10-17(24)11-9-16/h5-11H,12H2,1-4H3,(H,25,26). The maximum absolute atomic E-state index is 12.6. The number of halogens is 1. The first-order valence-electron chi connectivity index (χ1n) is 9.28. The molecule has 0 atom stereocenters. The Hall–Kier alpha value is -2.64. The van der Waals surface area contributed by atoms with Gasteiger partial charge in [0.05, 0.1) is 7.11 Å². The van der Waals surface area contributed by atoms with Crippen LogP contribution < -0.4 is 10.1 Å². The number of rotatable bonds is 6. The summed E-state index contributed by atoms with van der Waals surface area (Å²) in [6.45, 7) is 5.69. The van der Waals surface area contributed by atoms with E-state index < -0.39 is 5.97 Å². The smallest absolute Gasteiger partial charge is 0.341 e. The van der Waals surface area contributed by atoms with Crippen LogP contribution >= 0.6 is 27.3 Å². The predicted octanol–water partition coefficient (Wildman–Crippen LogP) is 5.91. The van der Waals surface area contributed by atoms with E-state index in [0.717, 1.165) is 31.6 Å². The minimum atomic E-state index is -0.497. The molecule has 1 amide bonds. The molecule has 30 heavy (non-hydrogen) atoms. The van der Waals surface area contributed by atoms with E-state index in [9.17, 15) is 9.59 Å². The summed E-state index contributed by atoms with van der Waals surface area (Å²) in [4.78, 5) is 26.0. The van der Waals surface area contributed by atoms with Crippen molar-refractivity contribution in [3.63, 3.8) is 0 Å². The van der Waals surface area contributed by atoms with Gasteiger partial charge in [-0.15, -0.1) is 11.3 Å². The summed E-state index contributed by atoms with van der Waals surface area (Å²) in [6, 6.07) is 13.4. The second-order valence-electron chi connectivity index (χ2n) is 6.77. The monoisotopic (exact) mass is 487 g/mol. The van der Waals surface area contributed by atoms with Crippen LogP contribution in [0.1, 0.15) is 26.4 Å². The first kappa shape index (κ1) is 22.1. The quantitative estimate of drug-likeness (QED) is 0.439. The van der Waals surface area contributed by atoms with Gasteiger partial charge >= 0.3 is 5.97 Å². The second-order valence-corrected chi connectivity index (χ2v) is 8.91. The summed E-state index contributed by atoms with van der Waals surface area (Å²) in [5.74, 6) is -0.177. The van der Waals surface area contributed by atoms with Gasteiger partial charge in [-0.3, -0.25) is 4.79 Å². The second kappa shape index (κ2) is 9.45. The molecule has 0 bridgehead atoms. The fourth-order valence-electron chi connectivity index (χ4n) is 3.08. The van der Waals surface area contributed by atoms with Crippen molar-refractivity contribution in [2.45, 2.75) is 20.8 Å². The Morgan fingerprint density at radius 3 is 2.43 bits per heavy atom. The van der Waals surface area contributed by atoms with E-state index in [1.165, 1.54) is 18.4 Å². The Morgan fingerprint density at radius 1 is 1.07 bits per heavy atom. The molecule has 0 saturated heterocycles. The van der Waals surface area contributed by atoms with Gasteiger partial charge in [0.1, 0.15) is 16.3 Å². The van der Waals surface area contributed by atoms with Gasteiger partial charge in [0, 0.05) is 14.9 Å². The average Bonchev–Trinajstić information content (AvgIpc) is 3.04. The van der Waals surface area contributed by atoms with E-state index in [-0.39, 0.29) is 12.5 Å². The van der Waals surface area contributed by atoms with Gasteiger partial charge in [0.2, 0.25) is 0 Å². The van der Waals surface area contributed by atoms with E-state index in [4.69, 9.17) is 9.47 Å². The molecule has 0 unspecified atom stereocenters. The normalized spacial score (nSPS) is 10.6. The van der Waals surface area contributed by atoms with Crippen molar-refractivity contribution < 1.29 is 19.1 Å². The Bertz CT molecular complexity index is 1090. The highest BCUT2D eigenvalue weighted by atomic mass is 79.9. The molecule has 0 radical (unpaired) electrons. The predicted molar refractivity (Wildman–Crippen MR) is 124 cm³/mol. The number of benzene rings is 2. The first-order valence-corrected chi connectivity index (χ1v) is 10.9. The number of carbonyl (C=O) groups is 2. The first-order chi connectivity index (χ1) is 14.3. The van der Waals surface area contributed by atoms with Crippen molar-refractivity contribution >= 4 is 44.1 Å². The summed E-state index contributed by atoms with van der Waals surface area (Å²) < 4.78 is 11.6. The zero-order valence-corrected chi connectivity index (χ0v) is 19.6. The third-order valence-corrected chi connectivity index (χ3v) is 6.32. The molecule has 0 spiro atoms.